The van der Waals surface area contributed by atoms with Crippen LogP contribution in [-0.2, 0) is 14.8 Å². The first-order valence-corrected chi connectivity index (χ1v) is 7.61. The Morgan fingerprint density at radius 2 is 2.35 bits per heavy atom. The molecule has 1 saturated heterocycles. The van der Waals surface area contributed by atoms with Crippen LogP contribution in [-0.4, -0.2) is 54.7 Å². The number of anilines is 1. The van der Waals surface area contributed by atoms with Crippen LogP contribution in [0.3, 0.4) is 0 Å². The van der Waals surface area contributed by atoms with E-state index >= 15 is 0 Å². The second-order valence-electron chi connectivity index (χ2n) is 4.57. The minimum absolute atomic E-state index is 0.00768. The number of rotatable bonds is 4. The Bertz CT molecular complexity index is 565. The van der Waals surface area contributed by atoms with E-state index in [0.717, 1.165) is 0 Å². The summed E-state index contributed by atoms with van der Waals surface area (Å²) in [6.07, 6.45) is 0.633. The van der Waals surface area contributed by atoms with Gasteiger partial charge in [0.1, 0.15) is 4.90 Å². The van der Waals surface area contributed by atoms with Crippen LogP contribution in [0, 0.1) is 0 Å². The van der Waals surface area contributed by atoms with Crippen LogP contribution in [0.4, 0.5) is 5.82 Å². The van der Waals surface area contributed by atoms with E-state index in [1.807, 2.05) is 0 Å². The van der Waals surface area contributed by atoms with Crippen LogP contribution in [0.15, 0.2) is 23.2 Å². The van der Waals surface area contributed by atoms with E-state index in [-0.39, 0.29) is 36.5 Å². The van der Waals surface area contributed by atoms with E-state index in [2.05, 4.69) is 10.4 Å². The van der Waals surface area contributed by atoms with Gasteiger partial charge in [0.2, 0.25) is 10.0 Å². The third-order valence-electron chi connectivity index (χ3n) is 3.02. The first-order valence-electron chi connectivity index (χ1n) is 6.17. The Kier molecular flexibility index (Phi) is 4.55. The van der Waals surface area contributed by atoms with Crippen molar-refractivity contribution in [3.8, 4) is 0 Å². The average molecular weight is 302 g/mol. The molecule has 2 rings (SSSR count). The molecule has 1 aromatic heterocycles. The van der Waals surface area contributed by atoms with Gasteiger partial charge in [-0.2, -0.15) is 4.31 Å². The van der Waals surface area contributed by atoms with Gasteiger partial charge in [-0.05, 0) is 19.1 Å². The van der Waals surface area contributed by atoms with E-state index in [1.165, 1.54) is 22.6 Å². The summed E-state index contributed by atoms with van der Waals surface area (Å²) in [5.41, 5.74) is 2.28. The molecule has 0 bridgehead atoms. The third-order valence-corrected chi connectivity index (χ3v) is 4.88. The highest BCUT2D eigenvalue weighted by Crippen LogP contribution is 2.24. The zero-order chi connectivity index (χ0) is 14.8. The fraction of sp³-hybridized carbons (Fsp3) is 0.545. The van der Waals surface area contributed by atoms with Crippen molar-refractivity contribution >= 4 is 15.8 Å². The van der Waals surface area contributed by atoms with Crippen LogP contribution in [0.2, 0.25) is 0 Å². The fourth-order valence-electron chi connectivity index (χ4n) is 2.15. The summed E-state index contributed by atoms with van der Waals surface area (Å²) in [4.78, 5) is 3.90. The van der Waals surface area contributed by atoms with Gasteiger partial charge in [0.15, 0.2) is 5.82 Å². The van der Waals surface area contributed by atoms with Crippen molar-refractivity contribution in [3.63, 3.8) is 0 Å². The van der Waals surface area contributed by atoms with Gasteiger partial charge in [0, 0.05) is 19.3 Å². The topological polar surface area (TPSA) is 118 Å². The second kappa shape index (κ2) is 6.02. The molecule has 2 atom stereocenters. The molecule has 20 heavy (non-hydrogen) atoms. The minimum Gasteiger partial charge on any atom is -0.394 e. The van der Waals surface area contributed by atoms with Crippen molar-refractivity contribution in [3.05, 3.63) is 18.3 Å². The molecule has 0 spiro atoms. The lowest BCUT2D eigenvalue weighted by molar-refractivity contribution is -0.0750. The molecule has 4 N–H and O–H groups in total. The van der Waals surface area contributed by atoms with Gasteiger partial charge in [0.05, 0.1) is 18.8 Å². The Hall–Kier alpha value is -1.26. The maximum Gasteiger partial charge on any atom is 0.246 e. The number of hydrogen-bond acceptors (Lipinski definition) is 7. The van der Waals surface area contributed by atoms with Gasteiger partial charge in [-0.15, -0.1) is 0 Å². The number of hydrogen-bond donors (Lipinski definition) is 3. The number of nitrogens with zero attached hydrogens (tertiary/aromatic N) is 2. The highest BCUT2D eigenvalue weighted by atomic mass is 32.2. The molecule has 0 saturated carbocycles. The molecule has 0 aliphatic carbocycles. The molecule has 112 valence electrons. The molecule has 2 heterocycles. The summed E-state index contributed by atoms with van der Waals surface area (Å²) in [6.45, 7) is 1.85. The lowest BCUT2D eigenvalue weighted by atomic mass is 10.2. The molecule has 0 aromatic carbocycles. The molecular formula is C11H18N4O4S. The van der Waals surface area contributed by atoms with Gasteiger partial charge >= 0.3 is 0 Å². The molecule has 0 amide bonds. The molecule has 0 radical (unpaired) electrons. The number of aliphatic hydroxyl groups excluding tert-OH is 1. The van der Waals surface area contributed by atoms with Crippen molar-refractivity contribution in [2.24, 2.45) is 5.84 Å². The molecule has 1 aromatic rings. The standard InChI is InChI=1S/C11H18N4O4S/c1-8-5-15(6-9(7-16)19-8)20(17,18)10-3-2-4-13-11(10)14-12/h2-4,8-9,16H,5-7,12H2,1H3,(H,13,14). The van der Waals surface area contributed by atoms with Gasteiger partial charge in [-0.25, -0.2) is 19.2 Å². The predicted octanol–water partition coefficient (Wildman–Crippen LogP) is -0.862. The maximum absolute atomic E-state index is 12.6. The number of nitrogen functional groups attached to an aromatic ring is 1. The van der Waals surface area contributed by atoms with Crippen LogP contribution in [0.1, 0.15) is 6.92 Å². The van der Waals surface area contributed by atoms with E-state index in [9.17, 15) is 13.5 Å². The summed E-state index contributed by atoms with van der Waals surface area (Å²) in [7, 11) is -3.74. The molecule has 8 nitrogen and oxygen atoms in total. The smallest absolute Gasteiger partial charge is 0.246 e. The molecule has 1 fully saturated rings. The van der Waals surface area contributed by atoms with Crippen molar-refractivity contribution < 1.29 is 18.3 Å². The van der Waals surface area contributed by atoms with E-state index in [0.29, 0.717) is 0 Å². The number of pyridine rings is 1. The number of nitrogens with one attached hydrogen (secondary N) is 1. The Morgan fingerprint density at radius 3 is 3.00 bits per heavy atom. The van der Waals surface area contributed by atoms with Gasteiger partial charge in [0.25, 0.3) is 0 Å². The van der Waals surface area contributed by atoms with E-state index < -0.39 is 16.1 Å². The first-order chi connectivity index (χ1) is 9.48. The van der Waals surface area contributed by atoms with Crippen LogP contribution in [0.25, 0.3) is 0 Å². The Morgan fingerprint density at radius 1 is 1.60 bits per heavy atom. The van der Waals surface area contributed by atoms with Crippen molar-refractivity contribution in [2.45, 2.75) is 24.0 Å². The Labute approximate surface area is 117 Å². The van der Waals surface area contributed by atoms with Crippen molar-refractivity contribution in [2.75, 3.05) is 25.1 Å². The summed E-state index contributed by atoms with van der Waals surface area (Å²) < 4.78 is 32.0. The quantitative estimate of drug-likeness (QED) is 0.489. The highest BCUT2D eigenvalue weighted by molar-refractivity contribution is 7.89. The predicted molar refractivity (Wildman–Crippen MR) is 72.2 cm³/mol. The summed E-state index contributed by atoms with van der Waals surface area (Å²) >= 11 is 0. The number of aromatic nitrogens is 1. The van der Waals surface area contributed by atoms with E-state index in [1.54, 1.807) is 6.92 Å². The summed E-state index contributed by atoms with van der Waals surface area (Å²) in [5, 5.41) is 9.17. The van der Waals surface area contributed by atoms with Gasteiger partial charge < -0.3 is 15.3 Å². The molecule has 9 heteroatoms. The lowest BCUT2D eigenvalue weighted by Gasteiger charge is -2.35. The average Bonchev–Trinajstić information content (AvgIpc) is 2.46. The zero-order valence-electron chi connectivity index (χ0n) is 11.1. The van der Waals surface area contributed by atoms with Crippen molar-refractivity contribution in [1.82, 2.24) is 9.29 Å². The van der Waals surface area contributed by atoms with E-state index in [4.69, 9.17) is 10.6 Å². The van der Waals surface area contributed by atoms with Crippen LogP contribution in [0.5, 0.6) is 0 Å². The summed E-state index contributed by atoms with van der Waals surface area (Å²) in [5.74, 6) is 5.39. The molecular weight excluding hydrogens is 284 g/mol. The zero-order valence-corrected chi connectivity index (χ0v) is 11.9. The molecule has 2 unspecified atom stereocenters. The number of ether oxygens (including phenoxy) is 1. The first kappa shape index (κ1) is 15.1. The second-order valence-corrected chi connectivity index (χ2v) is 6.47. The fourth-order valence-corrected chi connectivity index (χ4v) is 3.80. The maximum atomic E-state index is 12.6. The Balaban J connectivity index is 2.34. The van der Waals surface area contributed by atoms with Crippen LogP contribution < -0.4 is 11.3 Å². The number of nitrogens with two attached hydrogens (primary N) is 1. The van der Waals surface area contributed by atoms with Gasteiger partial charge in [-0.3, -0.25) is 0 Å². The normalized spacial score (nSPS) is 24.6. The van der Waals surface area contributed by atoms with Gasteiger partial charge in [-0.1, -0.05) is 0 Å². The highest BCUT2D eigenvalue weighted by Gasteiger charge is 2.35. The lowest BCUT2D eigenvalue weighted by Crippen LogP contribution is -2.50. The largest absolute Gasteiger partial charge is 0.394 e. The number of aliphatic hydroxyl groups is 1. The number of morpholine rings is 1. The third kappa shape index (κ3) is 2.91. The number of hydrazine groups is 1. The molecule has 1 aliphatic rings. The van der Waals surface area contributed by atoms with Crippen LogP contribution >= 0.6 is 0 Å². The monoisotopic (exact) mass is 302 g/mol. The SMILES string of the molecule is CC1CN(S(=O)(=O)c2cccnc2NN)CC(CO)O1. The number of sulfonamides is 1. The molecule has 1 aliphatic heterocycles. The minimum atomic E-state index is -3.74. The summed E-state index contributed by atoms with van der Waals surface area (Å²) in [6, 6.07) is 2.97. The van der Waals surface area contributed by atoms with Crippen molar-refractivity contribution in [1.29, 1.82) is 0 Å².